The molecule has 5 aromatic rings. The quantitative estimate of drug-likeness (QED) is 0.188. The van der Waals surface area contributed by atoms with Crippen LogP contribution >= 0.6 is 0 Å². The van der Waals surface area contributed by atoms with Crippen molar-refractivity contribution in [2.45, 2.75) is 27.1 Å². The molecule has 3 aromatic carbocycles. The zero-order valence-electron chi connectivity index (χ0n) is 22.7. The Balaban J connectivity index is 0.000000208. The molecule has 0 aliphatic carbocycles. The van der Waals surface area contributed by atoms with Crippen LogP contribution in [0.3, 0.4) is 0 Å². The zero-order chi connectivity index (χ0) is 26.3. The molecule has 1 radical (unpaired) electrons. The average molecular weight is 636 g/mol. The zero-order valence-corrected chi connectivity index (χ0v) is 22.1. The number of aryl methyl sites for hydroxylation is 3. The van der Waals surface area contributed by atoms with E-state index in [2.05, 4.69) is 77.6 Å². The summed E-state index contributed by atoms with van der Waals surface area (Å²) >= 11 is 0. The van der Waals surface area contributed by atoms with E-state index in [4.69, 9.17) is 4.11 Å². The van der Waals surface area contributed by atoms with Crippen LogP contribution in [0.2, 0.25) is 0 Å². The molecule has 0 atom stereocenters. The Morgan fingerprint density at radius 3 is 2.23 bits per heavy atom. The smallest absolute Gasteiger partial charge is 0.0280 e. The summed E-state index contributed by atoms with van der Waals surface area (Å²) < 4.78 is 22.1. The van der Waals surface area contributed by atoms with Gasteiger partial charge in [0.1, 0.15) is 0 Å². The molecule has 0 aliphatic heterocycles. The van der Waals surface area contributed by atoms with Crippen LogP contribution in [0.4, 0.5) is 0 Å². The first-order chi connectivity index (χ1) is 17.8. The molecule has 0 bridgehead atoms. The summed E-state index contributed by atoms with van der Waals surface area (Å²) in [5.41, 5.74) is 8.39. The normalized spacial score (nSPS) is 11.7. The molecule has 0 unspecified atom stereocenters. The van der Waals surface area contributed by atoms with E-state index in [9.17, 15) is 0 Å². The van der Waals surface area contributed by atoms with Crippen molar-refractivity contribution in [1.29, 1.82) is 0 Å². The summed E-state index contributed by atoms with van der Waals surface area (Å²) in [6.07, 6.45) is 4.32. The predicted octanol–water partition coefficient (Wildman–Crippen LogP) is 7.94. The van der Waals surface area contributed by atoms with Gasteiger partial charge in [0.15, 0.2) is 0 Å². The monoisotopic (exact) mass is 636 g/mol. The molecular weight excluding hydrogens is 605 g/mol. The Labute approximate surface area is 226 Å². The second kappa shape index (κ2) is 12.9. The molecule has 0 fully saturated rings. The minimum absolute atomic E-state index is 0. The first-order valence-electron chi connectivity index (χ1n) is 12.8. The van der Waals surface area contributed by atoms with Gasteiger partial charge in [0.25, 0.3) is 0 Å². The van der Waals surface area contributed by atoms with E-state index in [-0.39, 0.29) is 20.1 Å². The molecule has 177 valence electrons. The molecule has 0 spiro atoms. The molecule has 35 heavy (non-hydrogen) atoms. The first kappa shape index (κ1) is 22.1. The van der Waals surface area contributed by atoms with Gasteiger partial charge in [0.05, 0.1) is 0 Å². The second-order valence-electron chi connectivity index (χ2n) is 7.92. The molecule has 0 N–H and O–H groups in total. The predicted molar refractivity (Wildman–Crippen MR) is 141 cm³/mol. The fourth-order valence-electron chi connectivity index (χ4n) is 3.52. The SMILES string of the molecule is CCc1ccnc(-c2[c-]ccc(-c3ccccc3)c2)c1.[2H]C([2H])([2H])c1cnc(-c2[c-]cccc2)cc1C.[Ir]. The van der Waals surface area contributed by atoms with E-state index in [1.54, 1.807) is 13.0 Å². The minimum Gasteiger partial charge on any atom is -0.305 e. The minimum atomic E-state index is -2.10. The van der Waals surface area contributed by atoms with Crippen molar-refractivity contribution in [1.82, 2.24) is 9.97 Å². The van der Waals surface area contributed by atoms with E-state index < -0.39 is 6.85 Å². The molecule has 3 heteroatoms. The van der Waals surface area contributed by atoms with Gasteiger partial charge in [-0.25, -0.2) is 0 Å². The van der Waals surface area contributed by atoms with E-state index >= 15 is 0 Å². The maximum atomic E-state index is 7.37. The van der Waals surface area contributed by atoms with E-state index in [0.717, 1.165) is 34.5 Å². The van der Waals surface area contributed by atoms with E-state index in [1.165, 1.54) is 22.9 Å². The van der Waals surface area contributed by atoms with Crippen molar-refractivity contribution >= 4 is 0 Å². The average Bonchev–Trinajstić information content (AvgIpc) is 2.94. The van der Waals surface area contributed by atoms with Crippen LogP contribution in [0.1, 0.15) is 27.7 Å². The number of hydrogen-bond donors (Lipinski definition) is 0. The summed E-state index contributed by atoms with van der Waals surface area (Å²) in [6.45, 7) is 1.84. The topological polar surface area (TPSA) is 25.8 Å². The Morgan fingerprint density at radius 1 is 0.743 bits per heavy atom. The van der Waals surface area contributed by atoms with Gasteiger partial charge in [-0.1, -0.05) is 60.5 Å². The maximum absolute atomic E-state index is 7.37. The molecule has 2 nitrogen and oxygen atoms in total. The van der Waals surface area contributed by atoms with Gasteiger partial charge in [0.2, 0.25) is 0 Å². The van der Waals surface area contributed by atoms with Crippen molar-refractivity contribution in [2.75, 3.05) is 0 Å². The number of benzene rings is 3. The Hall–Kier alpha value is -3.39. The molecule has 2 aromatic heterocycles. The molecule has 0 saturated carbocycles. The summed E-state index contributed by atoms with van der Waals surface area (Å²) in [5.74, 6) is 0. The van der Waals surface area contributed by atoms with Crippen molar-refractivity contribution in [3.63, 3.8) is 0 Å². The van der Waals surface area contributed by atoms with Crippen LogP contribution in [0.15, 0.2) is 103 Å². The summed E-state index contributed by atoms with van der Waals surface area (Å²) in [5, 5.41) is 0. The van der Waals surface area contributed by atoms with Gasteiger partial charge in [-0.15, -0.1) is 71.3 Å². The van der Waals surface area contributed by atoms with Crippen LogP contribution in [-0.4, -0.2) is 9.97 Å². The Morgan fingerprint density at radius 2 is 1.51 bits per heavy atom. The largest absolute Gasteiger partial charge is 0.305 e. The number of nitrogens with zero attached hydrogens (tertiary/aromatic N) is 2. The number of hydrogen-bond acceptors (Lipinski definition) is 2. The van der Waals surface area contributed by atoms with Gasteiger partial charge in [0, 0.05) is 36.6 Å². The molecular formula is C32H28IrN2-2. The van der Waals surface area contributed by atoms with Crippen LogP contribution in [0.5, 0.6) is 0 Å². The van der Waals surface area contributed by atoms with Crippen molar-refractivity contribution < 1.29 is 24.2 Å². The fourth-order valence-corrected chi connectivity index (χ4v) is 3.52. The van der Waals surface area contributed by atoms with Crippen LogP contribution in [0, 0.1) is 25.9 Å². The number of aromatic nitrogens is 2. The Bertz CT molecular complexity index is 1450. The van der Waals surface area contributed by atoms with Crippen LogP contribution in [-0.2, 0) is 26.5 Å². The van der Waals surface area contributed by atoms with Gasteiger partial charge >= 0.3 is 0 Å². The molecule has 5 rings (SSSR count). The molecule has 0 saturated heterocycles. The van der Waals surface area contributed by atoms with Crippen molar-refractivity contribution in [2.24, 2.45) is 0 Å². The summed E-state index contributed by atoms with van der Waals surface area (Å²) in [4.78, 5) is 8.65. The number of pyridine rings is 2. The van der Waals surface area contributed by atoms with Crippen LogP contribution in [0.25, 0.3) is 33.6 Å². The number of rotatable bonds is 4. The summed E-state index contributed by atoms with van der Waals surface area (Å²) in [6, 6.07) is 36.4. The van der Waals surface area contributed by atoms with Crippen LogP contribution < -0.4 is 0 Å². The van der Waals surface area contributed by atoms with E-state index in [1.807, 2.05) is 42.6 Å². The van der Waals surface area contributed by atoms with Gasteiger partial charge in [-0.3, -0.25) is 0 Å². The first-order valence-corrected chi connectivity index (χ1v) is 11.3. The maximum Gasteiger partial charge on any atom is 0.0280 e. The molecule has 0 aliphatic rings. The fraction of sp³-hybridized carbons (Fsp3) is 0.125. The third kappa shape index (κ3) is 7.05. The molecule has 2 heterocycles. The summed E-state index contributed by atoms with van der Waals surface area (Å²) in [7, 11) is 0. The Kier molecular flexibility index (Phi) is 8.14. The van der Waals surface area contributed by atoms with E-state index in [0.29, 0.717) is 5.56 Å². The standard InChI is InChI=1S/C19H16N.C13H12N.Ir/c1-2-15-11-12-20-19(13-15)18-10-6-9-17(14-18)16-7-4-3-5-8-16;1-10-8-13(14-9-11(10)2)12-6-4-3-5-7-12;/h3-9,11-14H,2H2,1H3;3-6,8-9H,1-2H3;/q2*-1;/i;2D3;. The van der Waals surface area contributed by atoms with Gasteiger partial charge in [-0.2, -0.15) is 0 Å². The van der Waals surface area contributed by atoms with Crippen molar-refractivity contribution in [3.05, 3.63) is 132 Å². The third-order valence-corrected chi connectivity index (χ3v) is 5.51. The third-order valence-electron chi connectivity index (χ3n) is 5.51. The van der Waals surface area contributed by atoms with Gasteiger partial charge in [-0.05, 0) is 48.8 Å². The second-order valence-corrected chi connectivity index (χ2v) is 7.92. The molecule has 0 amide bonds. The van der Waals surface area contributed by atoms with Crippen molar-refractivity contribution in [3.8, 4) is 33.6 Å². The van der Waals surface area contributed by atoms with Gasteiger partial charge < -0.3 is 9.97 Å².